The second-order valence-electron chi connectivity index (χ2n) is 7.64. The lowest BCUT2D eigenvalue weighted by molar-refractivity contribution is -0.117. The molecule has 2 aliphatic rings. The first-order valence-electron chi connectivity index (χ1n) is 8.78. The highest BCUT2D eigenvalue weighted by Gasteiger charge is 2.44. The van der Waals surface area contributed by atoms with Gasteiger partial charge in [0.2, 0.25) is 0 Å². The number of carbonyl (C=O) groups excluding carboxylic acids is 1. The molecule has 1 saturated heterocycles. The van der Waals surface area contributed by atoms with Crippen LogP contribution >= 0.6 is 15.9 Å². The third-order valence-corrected chi connectivity index (χ3v) is 5.98. The van der Waals surface area contributed by atoms with Gasteiger partial charge in [0, 0.05) is 22.2 Å². The van der Waals surface area contributed by atoms with Gasteiger partial charge in [-0.1, -0.05) is 40.2 Å². The van der Waals surface area contributed by atoms with Crippen molar-refractivity contribution in [2.75, 3.05) is 6.61 Å². The first kappa shape index (κ1) is 18.4. The summed E-state index contributed by atoms with van der Waals surface area (Å²) in [5, 5.41) is 0. The van der Waals surface area contributed by atoms with Crippen molar-refractivity contribution in [2.24, 2.45) is 5.92 Å². The van der Waals surface area contributed by atoms with E-state index in [0.717, 1.165) is 27.7 Å². The molecule has 1 aromatic rings. The van der Waals surface area contributed by atoms with Gasteiger partial charge in [-0.15, -0.1) is 0 Å². The molecule has 0 bridgehead atoms. The van der Waals surface area contributed by atoms with Crippen LogP contribution in [0.1, 0.15) is 52.1 Å². The van der Waals surface area contributed by atoms with Crippen LogP contribution in [0.5, 0.6) is 0 Å². The van der Waals surface area contributed by atoms with E-state index in [1.165, 1.54) is 5.56 Å². The molecule has 1 aromatic carbocycles. The Bertz CT molecular complexity index is 733. The molecule has 1 heterocycles. The zero-order valence-electron chi connectivity index (χ0n) is 15.4. The smallest absolute Gasteiger partial charge is 0.160 e. The summed E-state index contributed by atoms with van der Waals surface area (Å²) >= 11 is 3.50. The molecule has 3 rings (SSSR count). The minimum atomic E-state index is -0.439. The molecule has 0 aromatic heterocycles. The van der Waals surface area contributed by atoms with E-state index in [2.05, 4.69) is 65.5 Å². The number of hydrogen-bond acceptors (Lipinski definition) is 3. The van der Waals surface area contributed by atoms with Crippen molar-refractivity contribution in [1.29, 1.82) is 0 Å². The van der Waals surface area contributed by atoms with Crippen molar-refractivity contribution in [2.45, 2.75) is 52.3 Å². The first-order chi connectivity index (χ1) is 11.7. The van der Waals surface area contributed by atoms with Crippen LogP contribution in [0.3, 0.4) is 0 Å². The van der Waals surface area contributed by atoms with Crippen molar-refractivity contribution >= 4 is 21.7 Å². The molecule has 0 amide bonds. The van der Waals surface area contributed by atoms with Crippen molar-refractivity contribution in [3.8, 4) is 0 Å². The Hall–Kier alpha value is -1.39. The van der Waals surface area contributed by atoms with Gasteiger partial charge in [0.15, 0.2) is 5.78 Å². The zero-order chi connectivity index (χ0) is 18.4. The Labute approximate surface area is 158 Å². The third kappa shape index (κ3) is 3.47. The Balaban J connectivity index is 2.03. The van der Waals surface area contributed by atoms with Crippen molar-refractivity contribution < 1.29 is 9.53 Å². The maximum Gasteiger partial charge on any atom is 0.160 e. The van der Waals surface area contributed by atoms with E-state index >= 15 is 0 Å². The highest BCUT2D eigenvalue weighted by molar-refractivity contribution is 9.10. The van der Waals surface area contributed by atoms with Crippen molar-refractivity contribution in [1.82, 2.24) is 4.90 Å². The van der Waals surface area contributed by atoms with Gasteiger partial charge in [0.05, 0.1) is 12.6 Å². The average molecular weight is 404 g/mol. The molecule has 0 radical (unpaired) electrons. The highest BCUT2D eigenvalue weighted by atomic mass is 79.9. The fourth-order valence-corrected chi connectivity index (χ4v) is 4.13. The topological polar surface area (TPSA) is 29.5 Å². The van der Waals surface area contributed by atoms with Gasteiger partial charge in [-0.25, -0.2) is 0 Å². The minimum absolute atomic E-state index is 0.115. The van der Waals surface area contributed by atoms with Crippen LogP contribution in [0, 0.1) is 5.92 Å². The monoisotopic (exact) mass is 403 g/mol. The molecular formula is C21H26BrNO2. The van der Waals surface area contributed by atoms with E-state index in [1.54, 1.807) is 0 Å². The summed E-state index contributed by atoms with van der Waals surface area (Å²) < 4.78 is 7.19. The number of rotatable bonds is 3. The summed E-state index contributed by atoms with van der Waals surface area (Å²) in [5.74, 6) is 0.444. The van der Waals surface area contributed by atoms with Crippen LogP contribution in [0.25, 0.3) is 0 Å². The number of carbonyl (C=O) groups is 1. The second kappa shape index (κ2) is 6.73. The lowest BCUT2D eigenvalue weighted by Gasteiger charge is -2.41. The number of ether oxygens (including phenoxy) is 1. The molecule has 1 aliphatic heterocycles. The summed E-state index contributed by atoms with van der Waals surface area (Å²) in [7, 11) is 0. The molecule has 0 N–H and O–H groups in total. The Morgan fingerprint density at radius 1 is 1.28 bits per heavy atom. The van der Waals surface area contributed by atoms with Crippen LogP contribution in [-0.4, -0.2) is 23.0 Å². The van der Waals surface area contributed by atoms with Gasteiger partial charge in [-0.05, 0) is 57.7 Å². The van der Waals surface area contributed by atoms with Crippen LogP contribution < -0.4 is 0 Å². The molecule has 1 unspecified atom stereocenters. The van der Waals surface area contributed by atoms with Gasteiger partial charge in [-0.2, -0.15) is 0 Å². The first-order valence-corrected chi connectivity index (χ1v) is 9.57. The van der Waals surface area contributed by atoms with Crippen LogP contribution in [-0.2, 0) is 9.53 Å². The number of Topliss-reactive ketones (excluding diaryl/α,β-unsaturated/α-hetero) is 1. The molecule has 2 atom stereocenters. The molecule has 3 nitrogen and oxygen atoms in total. The number of allylic oxidation sites excluding steroid dienone is 3. The Kier molecular flexibility index (Phi) is 4.95. The Morgan fingerprint density at radius 3 is 2.52 bits per heavy atom. The summed E-state index contributed by atoms with van der Waals surface area (Å²) in [6.07, 6.45) is 1.43. The largest absolute Gasteiger partial charge is 0.354 e. The van der Waals surface area contributed by atoms with E-state index in [9.17, 15) is 4.79 Å². The lowest BCUT2D eigenvalue weighted by Crippen LogP contribution is -2.42. The zero-order valence-corrected chi connectivity index (χ0v) is 17.0. The molecule has 1 aliphatic carbocycles. The molecular weight excluding hydrogens is 378 g/mol. The lowest BCUT2D eigenvalue weighted by atomic mass is 9.81. The molecule has 1 fully saturated rings. The summed E-state index contributed by atoms with van der Waals surface area (Å²) in [6, 6.07) is 8.49. The van der Waals surface area contributed by atoms with Gasteiger partial charge >= 0.3 is 0 Å². The van der Waals surface area contributed by atoms with Crippen LogP contribution in [0.4, 0.5) is 0 Å². The standard InChI is InChI=1S/C21H26BrNO2/c1-13(2)16-10-18(14(3)20(24)11-16)23-19(12-25-21(23,4)5)15-6-8-17(22)9-7-15/h6-9,16,19H,1,10-12H2,2-5H3/t16?,19-/m0/s1. The second-order valence-corrected chi connectivity index (χ2v) is 8.56. The third-order valence-electron chi connectivity index (χ3n) is 5.45. The number of nitrogens with zero attached hydrogens (tertiary/aromatic N) is 1. The number of ketones is 1. The van der Waals surface area contributed by atoms with Gasteiger partial charge in [0.25, 0.3) is 0 Å². The van der Waals surface area contributed by atoms with E-state index in [-0.39, 0.29) is 17.7 Å². The predicted octanol–water partition coefficient (Wildman–Crippen LogP) is 5.39. The minimum Gasteiger partial charge on any atom is -0.354 e. The quantitative estimate of drug-likeness (QED) is 0.633. The predicted molar refractivity (Wildman–Crippen MR) is 104 cm³/mol. The van der Waals surface area contributed by atoms with Gasteiger partial charge < -0.3 is 9.64 Å². The van der Waals surface area contributed by atoms with E-state index < -0.39 is 5.72 Å². The van der Waals surface area contributed by atoms with E-state index in [4.69, 9.17) is 4.74 Å². The number of hydrogen-bond donors (Lipinski definition) is 0. The van der Waals surface area contributed by atoms with Crippen LogP contribution in [0.2, 0.25) is 0 Å². The molecule has 25 heavy (non-hydrogen) atoms. The van der Waals surface area contributed by atoms with Crippen LogP contribution in [0.15, 0.2) is 52.2 Å². The number of halogens is 1. The van der Waals surface area contributed by atoms with Crippen molar-refractivity contribution in [3.63, 3.8) is 0 Å². The molecule has 4 heteroatoms. The summed E-state index contributed by atoms with van der Waals surface area (Å²) in [6.45, 7) is 12.9. The number of benzene rings is 1. The highest BCUT2D eigenvalue weighted by Crippen LogP contribution is 2.45. The summed E-state index contributed by atoms with van der Waals surface area (Å²) in [4.78, 5) is 14.9. The van der Waals surface area contributed by atoms with Gasteiger partial charge in [0.1, 0.15) is 5.72 Å². The van der Waals surface area contributed by atoms with E-state index in [1.807, 2.05) is 13.8 Å². The fraction of sp³-hybridized carbons (Fsp3) is 0.476. The molecule has 134 valence electrons. The maximum atomic E-state index is 12.6. The van der Waals surface area contributed by atoms with Gasteiger partial charge in [-0.3, -0.25) is 4.79 Å². The Morgan fingerprint density at radius 2 is 1.92 bits per heavy atom. The average Bonchev–Trinajstić information content (AvgIpc) is 2.86. The molecule has 0 spiro atoms. The SMILES string of the molecule is C=C(C)C1CC(=O)C(C)=C(N2[C@H](c3ccc(Br)cc3)COC2(C)C)C1. The van der Waals surface area contributed by atoms with Crippen molar-refractivity contribution in [3.05, 3.63) is 57.7 Å². The normalized spacial score (nSPS) is 26.3. The maximum absolute atomic E-state index is 12.6. The molecule has 0 saturated carbocycles. The fourth-order valence-electron chi connectivity index (χ4n) is 3.87. The summed E-state index contributed by atoms with van der Waals surface area (Å²) in [5.41, 5.74) is 3.83. The van der Waals surface area contributed by atoms with E-state index in [0.29, 0.717) is 13.0 Å².